The van der Waals surface area contributed by atoms with Gasteiger partial charge in [-0.2, -0.15) is 0 Å². The molecule has 3 N–H and O–H groups in total. The summed E-state index contributed by atoms with van der Waals surface area (Å²) in [6.07, 6.45) is 1.09. The first-order chi connectivity index (χ1) is 9.52. The first kappa shape index (κ1) is 14.8. The van der Waals surface area contributed by atoms with Crippen LogP contribution in [0, 0.1) is 0 Å². The molecule has 1 atom stereocenters. The molecule has 1 aromatic rings. The molecule has 5 nitrogen and oxygen atoms in total. The third-order valence-electron chi connectivity index (χ3n) is 3.59. The summed E-state index contributed by atoms with van der Waals surface area (Å²) in [5.41, 5.74) is 8.73. The van der Waals surface area contributed by atoms with E-state index in [1.165, 1.54) is 0 Å². The van der Waals surface area contributed by atoms with E-state index in [9.17, 15) is 4.79 Å². The Hall–Kier alpha value is -1.59. The van der Waals surface area contributed by atoms with Crippen LogP contribution in [0.4, 0.5) is 11.4 Å². The van der Waals surface area contributed by atoms with Gasteiger partial charge in [0, 0.05) is 36.6 Å². The molecule has 0 spiro atoms. The molecule has 0 bridgehead atoms. The van der Waals surface area contributed by atoms with Gasteiger partial charge in [-0.25, -0.2) is 0 Å². The van der Waals surface area contributed by atoms with E-state index in [4.69, 9.17) is 5.73 Å². The fourth-order valence-electron chi connectivity index (χ4n) is 2.43. The normalized spacial score (nSPS) is 17.2. The minimum atomic E-state index is -0.527. The number of rotatable bonds is 6. The first-order valence-electron chi connectivity index (χ1n) is 7.13. The van der Waals surface area contributed by atoms with Crippen molar-refractivity contribution in [3.8, 4) is 0 Å². The van der Waals surface area contributed by atoms with Gasteiger partial charge in [0.05, 0.1) is 0 Å². The maximum atomic E-state index is 11.6. The van der Waals surface area contributed by atoms with Crippen molar-refractivity contribution in [2.45, 2.75) is 19.4 Å². The van der Waals surface area contributed by atoms with Crippen LogP contribution in [0.1, 0.15) is 24.9 Å². The Morgan fingerprint density at radius 2 is 2.00 bits per heavy atom. The number of nitrogens with zero attached hydrogens (tertiary/aromatic N) is 2. The molecule has 1 aliphatic rings. The number of carbonyl (C=O) groups excluding carboxylic acids is 1. The van der Waals surface area contributed by atoms with E-state index in [0.29, 0.717) is 0 Å². The van der Waals surface area contributed by atoms with E-state index in [2.05, 4.69) is 42.2 Å². The largest absolute Gasteiger partial charge is 0.370 e. The zero-order valence-corrected chi connectivity index (χ0v) is 12.5. The fraction of sp³-hybridized carbons (Fsp3) is 0.533. The number of anilines is 2. The van der Waals surface area contributed by atoms with E-state index < -0.39 is 6.04 Å². The van der Waals surface area contributed by atoms with Gasteiger partial charge in [0.25, 0.3) is 0 Å². The Balaban J connectivity index is 2.18. The van der Waals surface area contributed by atoms with Crippen molar-refractivity contribution >= 4 is 17.3 Å². The molecule has 0 fully saturated rings. The maximum absolute atomic E-state index is 11.6. The second-order valence-electron chi connectivity index (χ2n) is 5.53. The van der Waals surface area contributed by atoms with Gasteiger partial charge in [-0.15, -0.1) is 0 Å². The van der Waals surface area contributed by atoms with Gasteiger partial charge in [0.15, 0.2) is 0 Å². The number of hydrogen-bond donors (Lipinski definition) is 2. The lowest BCUT2D eigenvalue weighted by Gasteiger charge is -2.26. The van der Waals surface area contributed by atoms with Gasteiger partial charge in [0.1, 0.15) is 6.04 Å². The summed E-state index contributed by atoms with van der Waals surface area (Å²) in [7, 11) is 4.15. The molecule has 0 radical (unpaired) electrons. The molecule has 1 heterocycles. The molecule has 5 heteroatoms. The Labute approximate surface area is 120 Å². The molecule has 1 amide bonds. The zero-order valence-electron chi connectivity index (χ0n) is 12.5. The minimum absolute atomic E-state index is 0.118. The van der Waals surface area contributed by atoms with Crippen LogP contribution in [0.15, 0.2) is 18.2 Å². The molecule has 2 rings (SSSR count). The van der Waals surface area contributed by atoms with Crippen molar-refractivity contribution in [3.05, 3.63) is 23.8 Å². The highest BCUT2D eigenvalue weighted by molar-refractivity contribution is 6.02. The van der Waals surface area contributed by atoms with Crippen LogP contribution in [0.2, 0.25) is 0 Å². The van der Waals surface area contributed by atoms with E-state index in [0.717, 1.165) is 43.0 Å². The Bertz CT molecular complexity index is 487. The van der Waals surface area contributed by atoms with Crippen LogP contribution in [0.25, 0.3) is 0 Å². The van der Waals surface area contributed by atoms with Gasteiger partial charge in [-0.1, -0.05) is 13.0 Å². The van der Waals surface area contributed by atoms with E-state index >= 15 is 0 Å². The zero-order chi connectivity index (χ0) is 14.7. The fourth-order valence-corrected chi connectivity index (χ4v) is 2.43. The third-order valence-corrected chi connectivity index (χ3v) is 3.59. The summed E-state index contributed by atoms with van der Waals surface area (Å²) in [5.74, 6) is -0.118. The highest BCUT2D eigenvalue weighted by Gasteiger charge is 2.27. The van der Waals surface area contributed by atoms with E-state index in [1.807, 2.05) is 12.1 Å². The molecule has 1 aromatic carbocycles. The molecular formula is C15H24N4O. The van der Waals surface area contributed by atoms with Crippen LogP contribution in [-0.4, -0.2) is 44.5 Å². The van der Waals surface area contributed by atoms with Gasteiger partial charge in [-0.3, -0.25) is 4.79 Å². The quantitative estimate of drug-likeness (QED) is 0.825. The van der Waals surface area contributed by atoms with Crippen LogP contribution < -0.4 is 16.0 Å². The summed E-state index contributed by atoms with van der Waals surface area (Å²) in [6.45, 7) is 5.16. The van der Waals surface area contributed by atoms with Crippen molar-refractivity contribution in [2.24, 2.45) is 5.73 Å². The summed E-state index contributed by atoms with van der Waals surface area (Å²) in [4.78, 5) is 16.1. The lowest BCUT2D eigenvalue weighted by Crippen LogP contribution is -2.32. The molecule has 1 aliphatic heterocycles. The van der Waals surface area contributed by atoms with E-state index in [-0.39, 0.29) is 5.91 Å². The van der Waals surface area contributed by atoms with Crippen LogP contribution >= 0.6 is 0 Å². The summed E-state index contributed by atoms with van der Waals surface area (Å²) < 4.78 is 0. The lowest BCUT2D eigenvalue weighted by molar-refractivity contribution is -0.116. The average molecular weight is 276 g/mol. The van der Waals surface area contributed by atoms with Crippen molar-refractivity contribution in [1.29, 1.82) is 0 Å². The highest BCUT2D eigenvalue weighted by atomic mass is 16.2. The standard InChI is InChI=1S/C15H24N4O/c1-4-7-19(9-8-18(2)3)11-5-6-12-13(10-11)17-15(20)14(12)16/h5-6,10,14H,4,7-9,16H2,1-3H3,(H,17,20). The minimum Gasteiger partial charge on any atom is -0.370 e. The van der Waals surface area contributed by atoms with Crippen molar-refractivity contribution in [1.82, 2.24) is 4.90 Å². The number of hydrogen-bond acceptors (Lipinski definition) is 4. The van der Waals surface area contributed by atoms with Gasteiger partial charge in [0.2, 0.25) is 5.91 Å². The first-order valence-corrected chi connectivity index (χ1v) is 7.13. The van der Waals surface area contributed by atoms with Gasteiger partial charge >= 0.3 is 0 Å². The SMILES string of the molecule is CCCN(CCN(C)C)c1ccc2c(c1)NC(=O)C2N. The summed E-state index contributed by atoms with van der Waals surface area (Å²) in [5, 5.41) is 2.85. The smallest absolute Gasteiger partial charge is 0.245 e. The number of amides is 1. The molecule has 0 saturated heterocycles. The number of likely N-dealkylation sites (N-methyl/N-ethyl adjacent to an activating group) is 1. The second kappa shape index (κ2) is 6.24. The molecule has 0 saturated carbocycles. The third kappa shape index (κ3) is 3.11. The Morgan fingerprint density at radius 3 is 2.65 bits per heavy atom. The topological polar surface area (TPSA) is 61.6 Å². The molecule has 0 aliphatic carbocycles. The van der Waals surface area contributed by atoms with Crippen molar-refractivity contribution in [3.63, 3.8) is 0 Å². The summed E-state index contributed by atoms with van der Waals surface area (Å²) >= 11 is 0. The second-order valence-corrected chi connectivity index (χ2v) is 5.53. The van der Waals surface area contributed by atoms with Crippen molar-refractivity contribution < 1.29 is 4.79 Å². The molecule has 20 heavy (non-hydrogen) atoms. The van der Waals surface area contributed by atoms with Gasteiger partial charge < -0.3 is 20.9 Å². The van der Waals surface area contributed by atoms with Crippen LogP contribution in [0.5, 0.6) is 0 Å². The average Bonchev–Trinajstić information content (AvgIpc) is 2.69. The summed E-state index contributed by atoms with van der Waals surface area (Å²) in [6, 6.07) is 5.53. The molecular weight excluding hydrogens is 252 g/mol. The predicted octanol–water partition coefficient (Wildman–Crippen LogP) is 1.42. The number of carbonyl (C=O) groups is 1. The monoisotopic (exact) mass is 276 g/mol. The number of nitrogens with two attached hydrogens (primary N) is 1. The molecule has 1 unspecified atom stereocenters. The Morgan fingerprint density at radius 1 is 1.25 bits per heavy atom. The maximum Gasteiger partial charge on any atom is 0.245 e. The van der Waals surface area contributed by atoms with E-state index in [1.54, 1.807) is 0 Å². The predicted molar refractivity (Wildman–Crippen MR) is 83.1 cm³/mol. The van der Waals surface area contributed by atoms with Crippen molar-refractivity contribution in [2.75, 3.05) is 43.9 Å². The van der Waals surface area contributed by atoms with Crippen LogP contribution in [0.3, 0.4) is 0 Å². The molecule has 110 valence electrons. The molecule has 0 aromatic heterocycles. The Kier molecular flexibility index (Phi) is 4.62. The number of benzene rings is 1. The lowest BCUT2D eigenvalue weighted by atomic mass is 10.1. The van der Waals surface area contributed by atoms with Gasteiger partial charge in [-0.05, 0) is 32.6 Å². The number of nitrogens with one attached hydrogen (secondary N) is 1. The number of fused-ring (bicyclic) bond motifs is 1. The highest BCUT2D eigenvalue weighted by Crippen LogP contribution is 2.32. The van der Waals surface area contributed by atoms with Crippen LogP contribution in [-0.2, 0) is 4.79 Å².